The first kappa shape index (κ1) is 9.08. The second-order valence-corrected chi connectivity index (χ2v) is 2.37. The number of hydrogen-bond donors (Lipinski definition) is 0. The second-order valence-electron chi connectivity index (χ2n) is 2.37. The Morgan fingerprint density at radius 2 is 2.00 bits per heavy atom. The zero-order valence-electron chi connectivity index (χ0n) is 5.81. The molecule has 70 valence electrons. The molecule has 0 aromatic carbocycles. The van der Waals surface area contributed by atoms with Crippen LogP contribution in [0.2, 0.25) is 0 Å². The summed E-state index contributed by atoms with van der Waals surface area (Å²) in [6.07, 6.45) is -8.88. The Balaban J connectivity index is 2.86. The first-order valence-corrected chi connectivity index (χ1v) is 2.89. The van der Waals surface area contributed by atoms with E-state index in [1.807, 2.05) is 0 Å². The van der Waals surface area contributed by atoms with Crippen molar-refractivity contribution >= 4 is 6.16 Å². The van der Waals surface area contributed by atoms with Gasteiger partial charge in [0.15, 0.2) is 0 Å². The highest BCUT2D eigenvalue weighted by Crippen LogP contribution is 2.38. The predicted molar refractivity (Wildman–Crippen MR) is 26.9 cm³/mol. The van der Waals surface area contributed by atoms with E-state index in [0.29, 0.717) is 0 Å². The van der Waals surface area contributed by atoms with Crippen LogP contribution in [0.4, 0.5) is 22.4 Å². The Labute approximate surface area is 64.2 Å². The van der Waals surface area contributed by atoms with E-state index in [-0.39, 0.29) is 6.92 Å². The van der Waals surface area contributed by atoms with Crippen molar-refractivity contribution in [2.45, 2.75) is 25.1 Å². The van der Waals surface area contributed by atoms with E-state index in [9.17, 15) is 22.4 Å². The molecule has 12 heavy (non-hydrogen) atoms. The van der Waals surface area contributed by atoms with Crippen LogP contribution in [0.15, 0.2) is 0 Å². The molecule has 1 unspecified atom stereocenters. The van der Waals surface area contributed by atoms with Crippen LogP contribution >= 0.6 is 0 Å². The third-order valence-corrected chi connectivity index (χ3v) is 1.20. The van der Waals surface area contributed by atoms with Crippen molar-refractivity contribution in [1.29, 1.82) is 0 Å². The fourth-order valence-electron chi connectivity index (χ4n) is 0.752. The zero-order valence-corrected chi connectivity index (χ0v) is 5.81. The molecule has 7 heteroatoms. The van der Waals surface area contributed by atoms with Gasteiger partial charge in [-0.05, 0) is 0 Å². The SMILES string of the molecule is CC(F)(F)C1OC(=O)OC1(F)F. The van der Waals surface area contributed by atoms with Crippen molar-refractivity contribution in [3.8, 4) is 0 Å². The Kier molecular flexibility index (Phi) is 1.69. The minimum atomic E-state index is -4.25. The van der Waals surface area contributed by atoms with Gasteiger partial charge in [-0.2, -0.15) is 8.78 Å². The van der Waals surface area contributed by atoms with E-state index >= 15 is 0 Å². The maximum absolute atomic E-state index is 12.3. The fourth-order valence-corrected chi connectivity index (χ4v) is 0.752. The van der Waals surface area contributed by atoms with E-state index in [1.54, 1.807) is 0 Å². The van der Waals surface area contributed by atoms with Gasteiger partial charge < -0.3 is 9.47 Å². The van der Waals surface area contributed by atoms with Crippen molar-refractivity contribution < 1.29 is 31.8 Å². The molecule has 0 aromatic heterocycles. The van der Waals surface area contributed by atoms with E-state index in [2.05, 4.69) is 9.47 Å². The molecule has 1 saturated heterocycles. The predicted octanol–water partition coefficient (Wildman–Crippen LogP) is 1.77. The standard InChI is InChI=1S/C5H4F4O3/c1-4(6,7)2-5(8,9)12-3(10)11-2/h2H,1H3. The minimum Gasteiger partial charge on any atom is -0.414 e. The maximum Gasteiger partial charge on any atom is 0.513 e. The van der Waals surface area contributed by atoms with Crippen LogP contribution in [0.1, 0.15) is 6.92 Å². The number of hydrogen-bond acceptors (Lipinski definition) is 3. The maximum atomic E-state index is 12.3. The molecule has 0 spiro atoms. The summed E-state index contributed by atoms with van der Waals surface area (Å²) in [5, 5.41) is 0. The lowest BCUT2D eigenvalue weighted by atomic mass is 10.2. The number of cyclic esters (lactones) is 2. The van der Waals surface area contributed by atoms with Gasteiger partial charge in [0.25, 0.3) is 12.0 Å². The first-order chi connectivity index (χ1) is 5.23. The first-order valence-electron chi connectivity index (χ1n) is 2.89. The van der Waals surface area contributed by atoms with E-state index in [1.165, 1.54) is 0 Å². The van der Waals surface area contributed by atoms with Crippen LogP contribution in [0, 0.1) is 0 Å². The van der Waals surface area contributed by atoms with Crippen LogP contribution in [-0.2, 0) is 9.47 Å². The molecule has 0 N–H and O–H groups in total. The lowest BCUT2D eigenvalue weighted by Gasteiger charge is -2.19. The lowest BCUT2D eigenvalue weighted by molar-refractivity contribution is -0.246. The molecule has 3 nitrogen and oxygen atoms in total. The summed E-state index contributed by atoms with van der Waals surface area (Å²) in [6, 6.07) is 0. The summed E-state index contributed by atoms with van der Waals surface area (Å²) < 4.78 is 55.9. The number of alkyl halides is 4. The fraction of sp³-hybridized carbons (Fsp3) is 0.800. The number of rotatable bonds is 1. The summed E-state index contributed by atoms with van der Waals surface area (Å²) in [6.45, 7) is 0.216. The minimum absolute atomic E-state index is 0.216. The number of ether oxygens (including phenoxy) is 2. The van der Waals surface area contributed by atoms with E-state index < -0.39 is 24.3 Å². The molecular weight excluding hydrogens is 184 g/mol. The highest BCUT2D eigenvalue weighted by Gasteiger charge is 2.63. The normalized spacial score (nSPS) is 28.1. The quantitative estimate of drug-likeness (QED) is 0.464. The van der Waals surface area contributed by atoms with Crippen LogP contribution in [0.25, 0.3) is 0 Å². The number of carbonyl (C=O) groups excluding carboxylic acids is 1. The molecule has 1 fully saturated rings. The molecule has 0 saturated carbocycles. The van der Waals surface area contributed by atoms with Gasteiger partial charge in [0, 0.05) is 6.92 Å². The van der Waals surface area contributed by atoms with Gasteiger partial charge >= 0.3 is 12.3 Å². The van der Waals surface area contributed by atoms with Gasteiger partial charge in [-0.3, -0.25) is 0 Å². The summed E-state index contributed by atoms with van der Waals surface area (Å²) in [5.41, 5.74) is 0. The molecule has 0 amide bonds. The Bertz CT molecular complexity index is 209. The van der Waals surface area contributed by atoms with Crippen molar-refractivity contribution in [2.75, 3.05) is 0 Å². The Morgan fingerprint density at radius 1 is 1.50 bits per heavy atom. The highest BCUT2D eigenvalue weighted by atomic mass is 19.3. The highest BCUT2D eigenvalue weighted by molar-refractivity contribution is 5.62. The largest absolute Gasteiger partial charge is 0.513 e. The van der Waals surface area contributed by atoms with Crippen LogP contribution in [0.3, 0.4) is 0 Å². The molecular formula is C5H4F4O3. The van der Waals surface area contributed by atoms with E-state index in [4.69, 9.17) is 0 Å². The summed E-state index contributed by atoms with van der Waals surface area (Å²) >= 11 is 0. The summed E-state index contributed by atoms with van der Waals surface area (Å²) in [7, 11) is 0. The molecule has 0 aliphatic carbocycles. The average Bonchev–Trinajstić information content (AvgIpc) is 2.02. The monoisotopic (exact) mass is 188 g/mol. The van der Waals surface area contributed by atoms with Gasteiger partial charge in [0.05, 0.1) is 0 Å². The topological polar surface area (TPSA) is 35.5 Å². The summed E-state index contributed by atoms with van der Waals surface area (Å²) in [5.74, 6) is -3.82. The van der Waals surface area contributed by atoms with Crippen LogP contribution < -0.4 is 0 Å². The van der Waals surface area contributed by atoms with Crippen molar-refractivity contribution in [2.24, 2.45) is 0 Å². The van der Waals surface area contributed by atoms with Gasteiger partial charge in [0.2, 0.25) is 0 Å². The number of halogens is 4. The second kappa shape index (κ2) is 2.24. The van der Waals surface area contributed by atoms with Crippen LogP contribution in [0.5, 0.6) is 0 Å². The third-order valence-electron chi connectivity index (χ3n) is 1.20. The van der Waals surface area contributed by atoms with Gasteiger partial charge in [-0.25, -0.2) is 13.6 Å². The summed E-state index contributed by atoms with van der Waals surface area (Å²) in [4.78, 5) is 10.1. The molecule has 0 aromatic rings. The van der Waals surface area contributed by atoms with E-state index in [0.717, 1.165) is 0 Å². The molecule has 1 rings (SSSR count). The van der Waals surface area contributed by atoms with Gasteiger partial charge in [-0.1, -0.05) is 0 Å². The molecule has 1 aliphatic rings. The Hall–Kier alpha value is -1.01. The van der Waals surface area contributed by atoms with Gasteiger partial charge in [0.1, 0.15) is 0 Å². The molecule has 0 bridgehead atoms. The third kappa shape index (κ3) is 1.44. The van der Waals surface area contributed by atoms with Crippen LogP contribution in [-0.4, -0.2) is 24.3 Å². The smallest absolute Gasteiger partial charge is 0.414 e. The average molecular weight is 188 g/mol. The van der Waals surface area contributed by atoms with Crippen molar-refractivity contribution in [1.82, 2.24) is 0 Å². The zero-order chi connectivity index (χ0) is 9.57. The number of carbonyl (C=O) groups is 1. The van der Waals surface area contributed by atoms with Crippen molar-refractivity contribution in [3.63, 3.8) is 0 Å². The molecule has 1 aliphatic heterocycles. The lowest BCUT2D eigenvalue weighted by Crippen LogP contribution is -2.43. The molecule has 1 atom stereocenters. The van der Waals surface area contributed by atoms with Crippen molar-refractivity contribution in [3.05, 3.63) is 0 Å². The molecule has 0 radical (unpaired) electrons. The Morgan fingerprint density at radius 3 is 2.17 bits per heavy atom. The van der Waals surface area contributed by atoms with Gasteiger partial charge in [-0.15, -0.1) is 0 Å². The molecule has 1 heterocycles.